The van der Waals surface area contributed by atoms with Gasteiger partial charge in [0.25, 0.3) is 0 Å². The molecule has 134 valence electrons. The molecule has 1 aromatic carbocycles. The molecule has 0 fully saturated rings. The van der Waals surface area contributed by atoms with E-state index in [2.05, 4.69) is 10.6 Å². The Morgan fingerprint density at radius 1 is 1.08 bits per heavy atom. The number of allylic oxidation sites excluding steroid dienone is 2. The number of rotatable bonds is 8. The number of nitrogens with one attached hydrogen (secondary N) is 1. The van der Waals surface area contributed by atoms with Crippen LogP contribution in [-0.2, 0) is 14.3 Å². The second kappa shape index (κ2) is 11.9. The molecule has 26 heavy (non-hydrogen) atoms. The Morgan fingerprint density at radius 3 is 2.35 bits per heavy atom. The third-order valence-corrected chi connectivity index (χ3v) is 3.96. The largest absolute Gasteiger partial charge is 1.00 e. The maximum absolute atomic E-state index is 12.7. The van der Waals surface area contributed by atoms with Crippen molar-refractivity contribution in [2.75, 3.05) is 20.3 Å². The van der Waals surface area contributed by atoms with Gasteiger partial charge in [-0.15, -0.1) is 5.69 Å². The van der Waals surface area contributed by atoms with E-state index >= 15 is 0 Å². The van der Waals surface area contributed by atoms with E-state index in [0.29, 0.717) is 11.3 Å². The number of amides is 1. The predicted molar refractivity (Wildman–Crippen MR) is 94.9 cm³/mol. The summed E-state index contributed by atoms with van der Waals surface area (Å²) in [6.07, 6.45) is 3.81. The molecule has 2 rings (SSSR count). The van der Waals surface area contributed by atoms with Crippen molar-refractivity contribution >= 4 is 23.2 Å². The number of hydrogen-bond acceptors (Lipinski definition) is 5. The maximum atomic E-state index is 12.7. The average molecular weight is 429 g/mol. The minimum absolute atomic E-state index is 0. The van der Waals surface area contributed by atoms with Gasteiger partial charge in [0.15, 0.2) is 11.6 Å². The zero-order chi connectivity index (χ0) is 18.2. The van der Waals surface area contributed by atoms with E-state index in [1.807, 2.05) is 7.05 Å². The third kappa shape index (κ3) is 7.16. The Kier molecular flexibility index (Phi) is 10.7. The van der Waals surface area contributed by atoms with E-state index < -0.39 is 5.91 Å². The van der Waals surface area contributed by atoms with Crippen LogP contribution in [0.25, 0.3) is 5.32 Å². The van der Waals surface area contributed by atoms with Crippen LogP contribution in [0, 0.1) is 0 Å². The smallest absolute Gasteiger partial charge is 0.625 e. The molecular formula is C19H23N2O4Rb. The molecule has 0 unspecified atom stereocenters. The van der Waals surface area contributed by atoms with Gasteiger partial charge >= 0.3 is 58.2 Å². The zero-order valence-corrected chi connectivity index (χ0v) is 20.5. The molecule has 0 bridgehead atoms. The van der Waals surface area contributed by atoms with Gasteiger partial charge in [0, 0.05) is 23.9 Å². The van der Waals surface area contributed by atoms with Crippen LogP contribution in [0.4, 0.5) is 5.69 Å². The molecule has 1 aromatic rings. The van der Waals surface area contributed by atoms with E-state index in [1.165, 1.54) is 6.92 Å². The summed E-state index contributed by atoms with van der Waals surface area (Å²) < 4.78 is 4.93. The Bertz CT molecular complexity index is 683. The first-order chi connectivity index (χ1) is 12.0. The van der Waals surface area contributed by atoms with Crippen molar-refractivity contribution in [2.24, 2.45) is 0 Å². The van der Waals surface area contributed by atoms with E-state index in [9.17, 15) is 14.4 Å². The number of Topliss-reactive ketones (excluding diaryl/α,β-unsaturated/α-hetero) is 2. The standard InChI is InChI=1S/C19H24N2O4.Rb/c1-13(22)11-25-12-18(23)21-15-9-7-14(8-10-15)19(24)16-5-3-4-6-17(16)20-2;/h7-10H,3-6,11-12H2,1-2H3,(H2,20,21,23,24);/q;+1/p-1. The molecule has 0 saturated carbocycles. The van der Waals surface area contributed by atoms with Crippen molar-refractivity contribution in [2.45, 2.75) is 32.6 Å². The van der Waals surface area contributed by atoms with E-state index in [-0.39, 0.29) is 83.0 Å². The molecule has 6 nitrogen and oxygen atoms in total. The minimum atomic E-state index is -0.465. The fraction of sp³-hybridized carbons (Fsp3) is 0.421. The van der Waals surface area contributed by atoms with Crippen LogP contribution in [0.5, 0.6) is 0 Å². The molecular weight excluding hydrogens is 406 g/mol. The molecule has 0 atom stereocenters. The molecule has 1 aliphatic rings. The summed E-state index contributed by atoms with van der Waals surface area (Å²) in [7, 11) is 1.84. The monoisotopic (exact) mass is 428 g/mol. The summed E-state index contributed by atoms with van der Waals surface area (Å²) in [6, 6.07) is 6.64. The van der Waals surface area contributed by atoms with Crippen LogP contribution in [-0.4, -0.2) is 37.7 Å². The molecule has 1 N–H and O–H groups in total. The number of nitrogens with zero attached hydrogens (tertiary/aromatic N) is 1. The Hall–Kier alpha value is -0.665. The van der Waals surface area contributed by atoms with E-state index in [0.717, 1.165) is 37.0 Å². The molecule has 0 aromatic heterocycles. The van der Waals surface area contributed by atoms with Crippen LogP contribution in [0.1, 0.15) is 43.0 Å². The summed E-state index contributed by atoms with van der Waals surface area (Å²) in [4.78, 5) is 35.1. The predicted octanol–water partition coefficient (Wildman–Crippen LogP) is 0.0582. The van der Waals surface area contributed by atoms with Gasteiger partial charge in [0.2, 0.25) is 0 Å². The van der Waals surface area contributed by atoms with E-state index in [1.54, 1.807) is 24.3 Å². The first-order valence-electron chi connectivity index (χ1n) is 8.37. The van der Waals surface area contributed by atoms with Gasteiger partial charge in [0.1, 0.15) is 6.61 Å². The fourth-order valence-corrected chi connectivity index (χ4v) is 2.75. The van der Waals surface area contributed by atoms with Gasteiger partial charge in [-0.2, -0.15) is 0 Å². The topological polar surface area (TPSA) is 86.6 Å². The second-order valence-corrected chi connectivity index (χ2v) is 5.99. The average Bonchev–Trinajstić information content (AvgIpc) is 2.61. The van der Waals surface area contributed by atoms with Crippen molar-refractivity contribution in [3.8, 4) is 0 Å². The van der Waals surface area contributed by atoms with Crippen LogP contribution in [0.2, 0.25) is 0 Å². The first kappa shape index (κ1) is 23.4. The number of carbonyl (C=O) groups excluding carboxylic acids is 3. The molecule has 0 heterocycles. The van der Waals surface area contributed by atoms with E-state index in [4.69, 9.17) is 4.74 Å². The summed E-state index contributed by atoms with van der Waals surface area (Å²) in [5.74, 6) is -0.590. The van der Waals surface area contributed by atoms with Crippen LogP contribution >= 0.6 is 0 Å². The van der Waals surface area contributed by atoms with Crippen LogP contribution in [0.15, 0.2) is 35.5 Å². The SMILES string of the molecule is CNC1=C(C(=O)c2ccc([N-]C(=O)COCC(C)=O)cc2)CCCC1.[Rb+]. The van der Waals surface area contributed by atoms with Crippen molar-refractivity contribution in [3.05, 3.63) is 46.4 Å². The van der Waals surface area contributed by atoms with Crippen molar-refractivity contribution < 1.29 is 77.3 Å². The summed E-state index contributed by atoms with van der Waals surface area (Å²) in [6.45, 7) is 1.05. The molecule has 7 heteroatoms. The van der Waals surface area contributed by atoms with Gasteiger partial charge < -0.3 is 20.2 Å². The molecule has 1 amide bonds. The van der Waals surface area contributed by atoms with Gasteiger partial charge in [0.05, 0.1) is 12.5 Å². The van der Waals surface area contributed by atoms with Crippen LogP contribution < -0.4 is 63.5 Å². The summed E-state index contributed by atoms with van der Waals surface area (Å²) in [5.41, 5.74) is 2.90. The number of benzene rings is 1. The molecule has 0 aliphatic heterocycles. The summed E-state index contributed by atoms with van der Waals surface area (Å²) >= 11 is 0. The maximum Gasteiger partial charge on any atom is 1.00 e. The minimum Gasteiger partial charge on any atom is -0.625 e. The normalized spacial score (nSPS) is 13.6. The summed E-state index contributed by atoms with van der Waals surface area (Å²) in [5, 5.41) is 7.02. The number of hydrogen-bond donors (Lipinski definition) is 1. The molecule has 0 spiro atoms. The molecule has 1 aliphatic carbocycles. The van der Waals surface area contributed by atoms with Crippen molar-refractivity contribution in [1.82, 2.24) is 5.32 Å². The van der Waals surface area contributed by atoms with Gasteiger partial charge in [-0.3, -0.25) is 9.59 Å². The first-order valence-corrected chi connectivity index (χ1v) is 8.37. The Balaban J connectivity index is 0.00000338. The number of carbonyl (C=O) groups is 3. The van der Waals surface area contributed by atoms with Crippen LogP contribution in [0.3, 0.4) is 0 Å². The molecule has 0 radical (unpaired) electrons. The van der Waals surface area contributed by atoms with Gasteiger partial charge in [-0.25, -0.2) is 0 Å². The third-order valence-electron chi connectivity index (χ3n) is 3.96. The quantitative estimate of drug-likeness (QED) is 0.592. The van der Waals surface area contributed by atoms with Gasteiger partial charge in [-0.1, -0.05) is 24.3 Å². The van der Waals surface area contributed by atoms with Crippen molar-refractivity contribution in [3.63, 3.8) is 0 Å². The zero-order valence-electron chi connectivity index (χ0n) is 15.6. The number of ketones is 2. The van der Waals surface area contributed by atoms with Crippen molar-refractivity contribution in [1.29, 1.82) is 0 Å². The second-order valence-electron chi connectivity index (χ2n) is 5.99. The Morgan fingerprint density at radius 2 is 1.73 bits per heavy atom. The fourth-order valence-electron chi connectivity index (χ4n) is 2.75. The molecule has 0 saturated heterocycles. The Labute approximate surface area is 202 Å². The van der Waals surface area contributed by atoms with Gasteiger partial charge in [-0.05, 0) is 32.6 Å². The number of ether oxygens (including phenoxy) is 1.